The number of hydrogen-bond acceptors (Lipinski definition) is 3. The lowest BCUT2D eigenvalue weighted by atomic mass is 10.1. The highest BCUT2D eigenvalue weighted by Gasteiger charge is 2.17. The minimum absolute atomic E-state index is 0. The second kappa shape index (κ2) is 7.87. The van der Waals surface area contributed by atoms with Crippen LogP contribution in [-0.2, 0) is 4.79 Å². The van der Waals surface area contributed by atoms with Gasteiger partial charge in [-0.15, -0.1) is 12.4 Å². The normalized spacial score (nSPS) is 17.1. The summed E-state index contributed by atoms with van der Waals surface area (Å²) in [5.41, 5.74) is 1.20. The zero-order chi connectivity index (χ0) is 13.7. The molecule has 1 heterocycles. The number of rotatable bonds is 4. The molecule has 0 radical (unpaired) electrons. The van der Waals surface area contributed by atoms with Crippen molar-refractivity contribution in [1.29, 1.82) is 0 Å². The Morgan fingerprint density at radius 3 is 2.85 bits per heavy atom. The summed E-state index contributed by atoms with van der Waals surface area (Å²) in [5.74, 6) is -0.179. The molecule has 1 unspecified atom stereocenters. The third kappa shape index (κ3) is 4.51. The highest BCUT2D eigenvalue weighted by molar-refractivity contribution is 5.97. The van der Waals surface area contributed by atoms with E-state index in [4.69, 9.17) is 0 Å². The van der Waals surface area contributed by atoms with E-state index in [1.54, 1.807) is 31.3 Å². The summed E-state index contributed by atoms with van der Waals surface area (Å²) in [4.78, 5) is 23.4. The molecule has 1 saturated heterocycles. The van der Waals surface area contributed by atoms with Gasteiger partial charge in [0.25, 0.3) is 5.91 Å². The van der Waals surface area contributed by atoms with E-state index in [1.807, 2.05) is 0 Å². The zero-order valence-corrected chi connectivity index (χ0v) is 12.3. The van der Waals surface area contributed by atoms with Crippen molar-refractivity contribution in [2.24, 2.45) is 0 Å². The third-order valence-electron chi connectivity index (χ3n) is 3.23. The maximum absolute atomic E-state index is 11.9. The van der Waals surface area contributed by atoms with Crippen molar-refractivity contribution in [3.8, 4) is 0 Å². The van der Waals surface area contributed by atoms with Crippen molar-refractivity contribution in [3.63, 3.8) is 0 Å². The average molecular weight is 298 g/mol. The maximum atomic E-state index is 11.9. The first-order chi connectivity index (χ1) is 9.19. The molecule has 1 aliphatic heterocycles. The Balaban J connectivity index is 0.00000200. The van der Waals surface area contributed by atoms with Crippen LogP contribution in [0.25, 0.3) is 0 Å². The summed E-state index contributed by atoms with van der Waals surface area (Å²) in [6.07, 6.45) is 2.65. The highest BCUT2D eigenvalue weighted by Crippen LogP contribution is 2.13. The van der Waals surface area contributed by atoms with Gasteiger partial charge in [-0.3, -0.25) is 9.59 Å². The van der Waals surface area contributed by atoms with E-state index in [2.05, 4.69) is 16.0 Å². The fourth-order valence-electron chi connectivity index (χ4n) is 2.25. The fraction of sp³-hybridized carbons (Fsp3) is 0.429. The van der Waals surface area contributed by atoms with Crippen LogP contribution in [0.5, 0.6) is 0 Å². The molecule has 2 rings (SSSR count). The van der Waals surface area contributed by atoms with Crippen LogP contribution in [0, 0.1) is 0 Å². The number of anilines is 1. The first-order valence-corrected chi connectivity index (χ1v) is 6.54. The lowest BCUT2D eigenvalue weighted by Crippen LogP contribution is -2.27. The predicted octanol–water partition coefficient (Wildman–Crippen LogP) is 1.55. The Labute approximate surface area is 124 Å². The molecule has 1 fully saturated rings. The smallest absolute Gasteiger partial charge is 0.251 e. The number of amides is 2. The second-order valence-electron chi connectivity index (χ2n) is 4.71. The zero-order valence-electron chi connectivity index (χ0n) is 11.4. The Morgan fingerprint density at radius 1 is 1.40 bits per heavy atom. The van der Waals surface area contributed by atoms with Crippen LogP contribution in [0.15, 0.2) is 24.3 Å². The molecule has 0 spiro atoms. The quantitative estimate of drug-likeness (QED) is 0.790. The van der Waals surface area contributed by atoms with Crippen molar-refractivity contribution in [2.75, 3.05) is 18.9 Å². The van der Waals surface area contributed by atoms with Crippen molar-refractivity contribution in [3.05, 3.63) is 29.8 Å². The molecule has 3 N–H and O–H groups in total. The molecular weight excluding hydrogens is 278 g/mol. The topological polar surface area (TPSA) is 70.2 Å². The Morgan fingerprint density at radius 2 is 2.20 bits per heavy atom. The van der Waals surface area contributed by atoms with E-state index in [1.165, 1.54) is 0 Å². The largest absolute Gasteiger partial charge is 0.355 e. The second-order valence-corrected chi connectivity index (χ2v) is 4.71. The van der Waals surface area contributed by atoms with Crippen LogP contribution in [0.1, 0.15) is 29.6 Å². The molecule has 0 bridgehead atoms. The molecule has 2 amide bonds. The van der Waals surface area contributed by atoms with Crippen LogP contribution in [0.4, 0.5) is 5.69 Å². The van der Waals surface area contributed by atoms with Crippen molar-refractivity contribution in [2.45, 2.75) is 25.3 Å². The van der Waals surface area contributed by atoms with Crippen LogP contribution >= 0.6 is 12.4 Å². The summed E-state index contributed by atoms with van der Waals surface area (Å²) in [5, 5.41) is 8.68. The number of carbonyl (C=O) groups is 2. The molecule has 20 heavy (non-hydrogen) atoms. The molecule has 5 nitrogen and oxygen atoms in total. The molecule has 110 valence electrons. The highest BCUT2D eigenvalue weighted by atomic mass is 35.5. The summed E-state index contributed by atoms with van der Waals surface area (Å²) < 4.78 is 0. The molecule has 0 aromatic heterocycles. The van der Waals surface area contributed by atoms with E-state index in [0.29, 0.717) is 17.7 Å². The van der Waals surface area contributed by atoms with Crippen molar-refractivity contribution in [1.82, 2.24) is 10.6 Å². The Bertz CT molecular complexity index is 473. The molecule has 1 aromatic rings. The monoisotopic (exact) mass is 297 g/mol. The predicted molar refractivity (Wildman–Crippen MR) is 81.4 cm³/mol. The number of carbonyl (C=O) groups excluding carboxylic acids is 2. The van der Waals surface area contributed by atoms with Gasteiger partial charge < -0.3 is 16.0 Å². The first kappa shape index (κ1) is 16.5. The van der Waals surface area contributed by atoms with Crippen LogP contribution in [0.3, 0.4) is 0 Å². The van der Waals surface area contributed by atoms with Gasteiger partial charge in [-0.25, -0.2) is 0 Å². The number of hydrogen-bond donors (Lipinski definition) is 3. The molecule has 1 atom stereocenters. The van der Waals surface area contributed by atoms with Gasteiger partial charge >= 0.3 is 0 Å². The molecule has 0 saturated carbocycles. The molecule has 6 heteroatoms. The molecule has 1 aliphatic rings. The van der Waals surface area contributed by atoms with Gasteiger partial charge in [-0.1, -0.05) is 6.07 Å². The van der Waals surface area contributed by atoms with Gasteiger partial charge in [0.15, 0.2) is 0 Å². The lowest BCUT2D eigenvalue weighted by Gasteiger charge is -2.11. The molecule has 0 aliphatic carbocycles. The minimum atomic E-state index is -0.159. The molecule has 1 aromatic carbocycles. The third-order valence-corrected chi connectivity index (χ3v) is 3.23. The van der Waals surface area contributed by atoms with Gasteiger partial charge in [-0.05, 0) is 37.6 Å². The van der Waals surface area contributed by atoms with E-state index in [-0.39, 0.29) is 30.3 Å². The SMILES string of the molecule is CNC(=O)c1cccc(NC(=O)CC2CCCN2)c1.Cl. The Hall–Kier alpha value is -1.59. The van der Waals surface area contributed by atoms with Crippen molar-refractivity contribution < 1.29 is 9.59 Å². The standard InChI is InChI=1S/C14H19N3O2.ClH/c1-15-14(19)10-4-2-5-12(8-10)17-13(18)9-11-6-3-7-16-11;/h2,4-5,8,11,16H,3,6-7,9H2,1H3,(H,15,19)(H,17,18);1H. The minimum Gasteiger partial charge on any atom is -0.355 e. The van der Waals surface area contributed by atoms with Gasteiger partial charge in [0, 0.05) is 30.8 Å². The number of benzene rings is 1. The van der Waals surface area contributed by atoms with Gasteiger partial charge in [-0.2, -0.15) is 0 Å². The van der Waals surface area contributed by atoms with E-state index in [9.17, 15) is 9.59 Å². The van der Waals surface area contributed by atoms with Crippen LogP contribution in [-0.4, -0.2) is 31.4 Å². The average Bonchev–Trinajstić information content (AvgIpc) is 2.90. The van der Waals surface area contributed by atoms with Crippen molar-refractivity contribution >= 4 is 29.9 Å². The van der Waals surface area contributed by atoms with Gasteiger partial charge in [0.1, 0.15) is 0 Å². The van der Waals surface area contributed by atoms with E-state index >= 15 is 0 Å². The first-order valence-electron chi connectivity index (χ1n) is 6.54. The van der Waals surface area contributed by atoms with E-state index < -0.39 is 0 Å². The van der Waals surface area contributed by atoms with Gasteiger partial charge in [0.2, 0.25) is 5.91 Å². The number of halogens is 1. The number of nitrogens with one attached hydrogen (secondary N) is 3. The summed E-state index contributed by atoms with van der Waals surface area (Å²) in [6, 6.07) is 7.22. The van der Waals surface area contributed by atoms with Gasteiger partial charge in [0.05, 0.1) is 0 Å². The Kier molecular flexibility index (Phi) is 6.48. The molecular formula is C14H20ClN3O2. The van der Waals surface area contributed by atoms with Crippen LogP contribution < -0.4 is 16.0 Å². The summed E-state index contributed by atoms with van der Waals surface area (Å²) in [7, 11) is 1.58. The van der Waals surface area contributed by atoms with E-state index in [0.717, 1.165) is 19.4 Å². The summed E-state index contributed by atoms with van der Waals surface area (Å²) in [6.45, 7) is 0.990. The lowest BCUT2D eigenvalue weighted by molar-refractivity contribution is -0.116. The maximum Gasteiger partial charge on any atom is 0.251 e. The summed E-state index contributed by atoms with van der Waals surface area (Å²) >= 11 is 0. The van der Waals surface area contributed by atoms with Crippen LogP contribution in [0.2, 0.25) is 0 Å². The fourth-order valence-corrected chi connectivity index (χ4v) is 2.25.